The minimum atomic E-state index is -5.84. The molecule has 0 aliphatic heterocycles. The summed E-state index contributed by atoms with van der Waals surface area (Å²) in [4.78, 5) is 0. The van der Waals surface area contributed by atoms with Crippen LogP contribution in [-0.2, 0) is 31.8 Å². The van der Waals surface area contributed by atoms with Gasteiger partial charge < -0.3 is 20.4 Å². The van der Waals surface area contributed by atoms with E-state index in [1.54, 1.807) is 0 Å². The van der Waals surface area contributed by atoms with Crippen LogP contribution in [0.2, 0.25) is 0 Å². The number of rotatable bonds is 6. The van der Waals surface area contributed by atoms with Crippen LogP contribution in [0.3, 0.4) is 0 Å². The minimum absolute atomic E-state index is 0.0128. The molecule has 0 aromatic heterocycles. The van der Waals surface area contributed by atoms with E-state index in [9.17, 15) is 46.8 Å². The van der Waals surface area contributed by atoms with Crippen molar-refractivity contribution in [2.24, 2.45) is 0 Å². The van der Waals surface area contributed by atoms with E-state index >= 15 is 0 Å². The molecule has 0 heterocycles. The first-order chi connectivity index (χ1) is 13.5. The van der Waals surface area contributed by atoms with E-state index in [0.717, 1.165) is 12.1 Å². The van der Waals surface area contributed by atoms with Crippen molar-refractivity contribution in [2.45, 2.75) is 44.2 Å². The maximum absolute atomic E-state index is 14.1. The maximum atomic E-state index is 14.1. The Bertz CT molecular complexity index is 789. The average Bonchev–Trinajstić information content (AvgIpc) is 2.65. The first-order valence-electron chi connectivity index (χ1n) is 8.29. The number of aliphatic hydroxyl groups is 4. The summed E-state index contributed by atoms with van der Waals surface area (Å²) in [6.45, 7) is -3.11. The molecule has 0 saturated heterocycles. The molecule has 0 bridgehead atoms. The van der Waals surface area contributed by atoms with Crippen molar-refractivity contribution >= 4 is 0 Å². The van der Waals surface area contributed by atoms with Crippen LogP contribution in [0.25, 0.3) is 0 Å². The summed E-state index contributed by atoms with van der Waals surface area (Å²) in [6.07, 6.45) is -11.7. The lowest BCUT2D eigenvalue weighted by atomic mass is 9.71. The summed E-state index contributed by atoms with van der Waals surface area (Å²) in [5.74, 6) is 0. The Balaban J connectivity index is 2.95. The van der Waals surface area contributed by atoms with Crippen LogP contribution < -0.4 is 0 Å². The van der Waals surface area contributed by atoms with Crippen LogP contribution in [0.15, 0.2) is 36.4 Å². The molecule has 0 radical (unpaired) electrons. The molecule has 4 nitrogen and oxygen atoms in total. The fourth-order valence-electron chi connectivity index (χ4n) is 3.30. The Hall–Kier alpha value is -2.14. The van der Waals surface area contributed by atoms with Crippen molar-refractivity contribution in [3.05, 3.63) is 69.8 Å². The molecule has 0 spiro atoms. The van der Waals surface area contributed by atoms with Crippen molar-refractivity contribution in [1.82, 2.24) is 0 Å². The van der Waals surface area contributed by atoms with Gasteiger partial charge in [-0.1, -0.05) is 36.4 Å². The lowest BCUT2D eigenvalue weighted by Gasteiger charge is -2.39. The third-order valence-electron chi connectivity index (χ3n) is 4.81. The highest BCUT2D eigenvalue weighted by atomic mass is 19.4. The van der Waals surface area contributed by atoms with Crippen molar-refractivity contribution < 1.29 is 46.8 Å². The molecule has 0 amide bonds. The number of hydrogen-bond donors (Lipinski definition) is 4. The smallest absolute Gasteiger partial charge is 0.392 e. The van der Waals surface area contributed by atoms with Crippen molar-refractivity contribution in [2.75, 3.05) is 0 Å². The van der Waals surface area contributed by atoms with Crippen LogP contribution in [0.5, 0.6) is 0 Å². The molecule has 0 atom stereocenters. The summed E-state index contributed by atoms with van der Waals surface area (Å²) in [6, 6.07) is 4.11. The van der Waals surface area contributed by atoms with Crippen LogP contribution in [0, 0.1) is 0 Å². The Morgan fingerprint density at radius 1 is 0.517 bits per heavy atom. The number of aliphatic hydroxyl groups excluding tert-OH is 4. The van der Waals surface area contributed by atoms with E-state index in [-0.39, 0.29) is 22.3 Å². The van der Waals surface area contributed by atoms with Crippen molar-refractivity contribution in [3.63, 3.8) is 0 Å². The fraction of sp³-hybridized carbons (Fsp3) is 0.368. The van der Waals surface area contributed by atoms with E-state index in [2.05, 4.69) is 0 Å². The molecule has 2 aromatic rings. The van der Waals surface area contributed by atoms with E-state index in [1.807, 2.05) is 0 Å². The molecular formula is C19H18F6O4. The lowest BCUT2D eigenvalue weighted by molar-refractivity contribution is -0.288. The Labute approximate surface area is 161 Å². The monoisotopic (exact) mass is 424 g/mol. The second-order valence-corrected chi connectivity index (χ2v) is 6.34. The Kier molecular flexibility index (Phi) is 6.63. The Morgan fingerprint density at radius 3 is 1.07 bits per heavy atom. The van der Waals surface area contributed by atoms with E-state index in [0.29, 0.717) is 24.3 Å². The van der Waals surface area contributed by atoms with Gasteiger partial charge in [0.15, 0.2) is 0 Å². The number of hydrogen-bond acceptors (Lipinski definition) is 4. The second-order valence-electron chi connectivity index (χ2n) is 6.34. The topological polar surface area (TPSA) is 80.9 Å². The first-order valence-corrected chi connectivity index (χ1v) is 8.29. The van der Waals surface area contributed by atoms with Crippen LogP contribution in [0.1, 0.15) is 33.4 Å². The molecule has 4 N–H and O–H groups in total. The van der Waals surface area contributed by atoms with Gasteiger partial charge in [0, 0.05) is 0 Å². The summed E-state index contributed by atoms with van der Waals surface area (Å²) in [5.41, 5.74) is -7.44. The molecule has 160 valence electrons. The molecule has 0 unspecified atom stereocenters. The normalized spacial score (nSPS) is 13.0. The molecular weight excluding hydrogens is 406 g/mol. The highest BCUT2D eigenvalue weighted by molar-refractivity contribution is 5.49. The average molecular weight is 424 g/mol. The van der Waals surface area contributed by atoms with Gasteiger partial charge in [-0.15, -0.1) is 0 Å². The van der Waals surface area contributed by atoms with Gasteiger partial charge in [0.1, 0.15) is 0 Å². The number of benzene rings is 2. The zero-order valence-corrected chi connectivity index (χ0v) is 14.8. The van der Waals surface area contributed by atoms with Gasteiger partial charge in [0.25, 0.3) is 0 Å². The zero-order valence-electron chi connectivity index (χ0n) is 14.8. The molecule has 29 heavy (non-hydrogen) atoms. The molecule has 0 saturated carbocycles. The van der Waals surface area contributed by atoms with Crippen molar-refractivity contribution in [1.29, 1.82) is 0 Å². The van der Waals surface area contributed by atoms with Crippen LogP contribution in [0.4, 0.5) is 26.3 Å². The first kappa shape index (κ1) is 23.1. The summed E-state index contributed by atoms with van der Waals surface area (Å²) < 4.78 is 84.8. The van der Waals surface area contributed by atoms with Gasteiger partial charge in [0.2, 0.25) is 5.41 Å². The van der Waals surface area contributed by atoms with E-state index in [4.69, 9.17) is 0 Å². The number of halogens is 6. The van der Waals surface area contributed by atoms with Gasteiger partial charge in [0.05, 0.1) is 26.4 Å². The highest BCUT2D eigenvalue weighted by Crippen LogP contribution is 2.56. The maximum Gasteiger partial charge on any atom is 0.411 e. The molecule has 0 fully saturated rings. The number of alkyl halides is 6. The third kappa shape index (κ3) is 3.85. The van der Waals surface area contributed by atoms with Crippen molar-refractivity contribution in [3.8, 4) is 0 Å². The second kappa shape index (κ2) is 8.31. The molecule has 10 heteroatoms. The van der Waals surface area contributed by atoms with E-state index in [1.165, 1.54) is 0 Å². The summed E-state index contributed by atoms with van der Waals surface area (Å²) >= 11 is 0. The van der Waals surface area contributed by atoms with E-state index < -0.39 is 55.3 Å². The Morgan fingerprint density at radius 2 is 0.828 bits per heavy atom. The third-order valence-corrected chi connectivity index (χ3v) is 4.81. The van der Waals surface area contributed by atoms with Crippen LogP contribution >= 0.6 is 0 Å². The predicted molar refractivity (Wildman–Crippen MR) is 89.5 cm³/mol. The van der Waals surface area contributed by atoms with Gasteiger partial charge in [-0.3, -0.25) is 0 Å². The predicted octanol–water partition coefficient (Wildman–Crippen LogP) is 3.07. The van der Waals surface area contributed by atoms with Crippen LogP contribution in [-0.4, -0.2) is 32.8 Å². The SMILES string of the molecule is OCc1ccc(C(c2ccc(CO)c(CO)c2)(C(F)(F)F)C(F)(F)F)cc1CO. The summed E-state index contributed by atoms with van der Waals surface area (Å²) in [5, 5.41) is 37.1. The zero-order chi connectivity index (χ0) is 22.0. The molecule has 0 aliphatic carbocycles. The van der Waals surface area contributed by atoms with Gasteiger partial charge in [-0.05, 0) is 33.4 Å². The largest absolute Gasteiger partial charge is 0.411 e. The minimum Gasteiger partial charge on any atom is -0.392 e. The molecule has 2 aromatic carbocycles. The lowest BCUT2D eigenvalue weighted by Crippen LogP contribution is -2.55. The molecule has 0 aliphatic rings. The summed E-state index contributed by atoms with van der Waals surface area (Å²) in [7, 11) is 0. The quantitative estimate of drug-likeness (QED) is 0.538. The molecule has 2 rings (SSSR count). The van der Waals surface area contributed by atoms with Gasteiger partial charge in [-0.2, -0.15) is 26.3 Å². The van der Waals surface area contributed by atoms with Gasteiger partial charge >= 0.3 is 12.4 Å². The standard InChI is InChI=1S/C19H18F6O4/c20-18(21,22)17(19(23,24)25,15-3-1-11(7-26)13(5-15)9-28)16-4-2-12(8-27)14(6-16)10-29/h1-6,26-29H,7-10H2. The highest BCUT2D eigenvalue weighted by Gasteiger charge is 2.72. The van der Waals surface area contributed by atoms with Gasteiger partial charge in [-0.25, -0.2) is 0 Å². The fourth-order valence-corrected chi connectivity index (χ4v) is 3.30.